The van der Waals surface area contributed by atoms with Crippen molar-refractivity contribution in [2.45, 2.75) is 25.4 Å². The molecule has 2 aromatic rings. The molecule has 0 saturated carbocycles. The second-order valence-corrected chi connectivity index (χ2v) is 6.01. The topological polar surface area (TPSA) is 67.2 Å². The maximum absolute atomic E-state index is 11.6. The fraction of sp³-hybridized carbons (Fsp3) is 0.500. The largest absolute Gasteiger partial charge is 0.356 e. The summed E-state index contributed by atoms with van der Waals surface area (Å²) in [4.78, 5) is 24.5. The van der Waals surface area contributed by atoms with Gasteiger partial charge < -0.3 is 4.90 Å². The van der Waals surface area contributed by atoms with E-state index in [4.69, 9.17) is 0 Å². The molecule has 1 aliphatic heterocycles. The first kappa shape index (κ1) is 15.6. The molecule has 0 N–H and O–H groups in total. The quantitative estimate of drug-likeness (QED) is 0.826. The van der Waals surface area contributed by atoms with Gasteiger partial charge in [-0.2, -0.15) is 5.10 Å². The van der Waals surface area contributed by atoms with Gasteiger partial charge in [-0.15, -0.1) is 0 Å². The predicted molar refractivity (Wildman–Crippen MR) is 88.2 cm³/mol. The molecule has 1 saturated heterocycles. The number of likely N-dealkylation sites (tertiary alicyclic amines) is 1. The SMILES string of the molecule is CN(c1ccncn1)C1CCN(Cc2cnn(C)c(=O)c2)CC1. The highest BCUT2D eigenvalue weighted by Crippen LogP contribution is 2.20. The monoisotopic (exact) mass is 314 g/mol. The zero-order valence-corrected chi connectivity index (χ0v) is 13.6. The minimum absolute atomic E-state index is 0.0547. The van der Waals surface area contributed by atoms with Crippen LogP contribution in [0.3, 0.4) is 0 Å². The molecule has 0 unspecified atom stereocenters. The Kier molecular flexibility index (Phi) is 4.66. The van der Waals surface area contributed by atoms with Crippen LogP contribution in [-0.2, 0) is 13.6 Å². The summed E-state index contributed by atoms with van der Waals surface area (Å²) < 4.78 is 1.35. The molecule has 23 heavy (non-hydrogen) atoms. The zero-order valence-electron chi connectivity index (χ0n) is 13.6. The third kappa shape index (κ3) is 3.73. The molecule has 0 atom stereocenters. The lowest BCUT2D eigenvalue weighted by atomic mass is 10.0. The summed E-state index contributed by atoms with van der Waals surface area (Å²) >= 11 is 0. The molecule has 7 heteroatoms. The number of hydrogen-bond acceptors (Lipinski definition) is 6. The third-order valence-corrected chi connectivity index (χ3v) is 4.46. The Hall–Kier alpha value is -2.28. The van der Waals surface area contributed by atoms with E-state index in [9.17, 15) is 4.79 Å². The van der Waals surface area contributed by atoms with Gasteiger partial charge in [0.2, 0.25) is 0 Å². The van der Waals surface area contributed by atoms with E-state index in [1.807, 2.05) is 6.07 Å². The third-order valence-electron chi connectivity index (χ3n) is 4.46. The van der Waals surface area contributed by atoms with Crippen LogP contribution in [0.1, 0.15) is 18.4 Å². The van der Waals surface area contributed by atoms with Crippen molar-refractivity contribution in [1.29, 1.82) is 0 Å². The van der Waals surface area contributed by atoms with Crippen LogP contribution in [-0.4, -0.2) is 50.8 Å². The number of nitrogens with zero attached hydrogens (tertiary/aromatic N) is 6. The first-order chi connectivity index (χ1) is 11.1. The Morgan fingerprint density at radius 3 is 2.78 bits per heavy atom. The van der Waals surface area contributed by atoms with Crippen LogP contribution >= 0.6 is 0 Å². The molecule has 0 bridgehead atoms. The van der Waals surface area contributed by atoms with E-state index in [0.717, 1.165) is 43.9 Å². The van der Waals surface area contributed by atoms with Gasteiger partial charge in [0.05, 0.1) is 6.20 Å². The van der Waals surface area contributed by atoms with Crippen molar-refractivity contribution in [2.24, 2.45) is 7.05 Å². The summed E-state index contributed by atoms with van der Waals surface area (Å²) in [5.41, 5.74) is 0.927. The number of aryl methyl sites for hydroxylation is 1. The lowest BCUT2D eigenvalue weighted by molar-refractivity contribution is 0.202. The lowest BCUT2D eigenvalue weighted by Gasteiger charge is -2.37. The van der Waals surface area contributed by atoms with Gasteiger partial charge in [-0.25, -0.2) is 14.6 Å². The fourth-order valence-corrected chi connectivity index (χ4v) is 3.00. The number of rotatable bonds is 4. The molecule has 1 aliphatic rings. The van der Waals surface area contributed by atoms with E-state index in [0.29, 0.717) is 6.04 Å². The number of hydrogen-bond donors (Lipinski definition) is 0. The average molecular weight is 314 g/mol. The van der Waals surface area contributed by atoms with Crippen molar-refractivity contribution in [3.05, 3.63) is 46.8 Å². The molecule has 0 aromatic carbocycles. The van der Waals surface area contributed by atoms with E-state index in [1.54, 1.807) is 31.8 Å². The molecule has 3 rings (SSSR count). The van der Waals surface area contributed by atoms with Crippen LogP contribution in [0.25, 0.3) is 0 Å². The second-order valence-electron chi connectivity index (χ2n) is 6.01. The van der Waals surface area contributed by atoms with Crippen LogP contribution in [0.15, 0.2) is 35.6 Å². The average Bonchev–Trinajstić information content (AvgIpc) is 2.59. The zero-order chi connectivity index (χ0) is 16.2. The Bertz CT molecular complexity index is 693. The molecular weight excluding hydrogens is 292 g/mol. The van der Waals surface area contributed by atoms with Crippen LogP contribution in [0.5, 0.6) is 0 Å². The minimum Gasteiger partial charge on any atom is -0.356 e. The Morgan fingerprint density at radius 1 is 1.35 bits per heavy atom. The minimum atomic E-state index is -0.0547. The first-order valence-electron chi connectivity index (χ1n) is 7.87. The van der Waals surface area contributed by atoms with Gasteiger partial charge in [0.15, 0.2) is 0 Å². The summed E-state index contributed by atoms with van der Waals surface area (Å²) in [6.45, 7) is 2.80. The van der Waals surface area contributed by atoms with Crippen molar-refractivity contribution in [3.63, 3.8) is 0 Å². The Balaban J connectivity index is 1.56. The molecule has 3 heterocycles. The molecule has 0 radical (unpaired) electrons. The predicted octanol–water partition coefficient (Wildman–Crippen LogP) is 0.671. The van der Waals surface area contributed by atoms with E-state index < -0.39 is 0 Å². The fourth-order valence-electron chi connectivity index (χ4n) is 3.00. The van der Waals surface area contributed by atoms with Gasteiger partial charge in [0, 0.05) is 52.0 Å². The number of aromatic nitrogens is 4. The normalized spacial score (nSPS) is 16.4. The smallest absolute Gasteiger partial charge is 0.266 e. The maximum Gasteiger partial charge on any atom is 0.266 e. The first-order valence-corrected chi connectivity index (χ1v) is 7.87. The van der Waals surface area contributed by atoms with Crippen molar-refractivity contribution in [1.82, 2.24) is 24.6 Å². The van der Waals surface area contributed by atoms with E-state index in [1.165, 1.54) is 4.68 Å². The summed E-state index contributed by atoms with van der Waals surface area (Å²) in [6, 6.07) is 4.10. The summed E-state index contributed by atoms with van der Waals surface area (Å²) in [7, 11) is 3.76. The molecule has 1 fully saturated rings. The van der Waals surface area contributed by atoms with Crippen molar-refractivity contribution >= 4 is 5.82 Å². The standard InChI is InChI=1S/C16H22N6O/c1-20(15-3-6-17-12-18-15)14-4-7-22(8-5-14)11-13-9-16(23)21(2)19-10-13/h3,6,9-10,12,14H,4-5,7-8,11H2,1-2H3. The maximum atomic E-state index is 11.6. The van der Waals surface area contributed by atoms with Crippen LogP contribution in [0.2, 0.25) is 0 Å². The summed E-state index contributed by atoms with van der Waals surface area (Å²) in [5.74, 6) is 0.967. The molecule has 0 aliphatic carbocycles. The van der Waals surface area contributed by atoms with Crippen LogP contribution < -0.4 is 10.5 Å². The van der Waals surface area contributed by atoms with E-state index in [-0.39, 0.29) is 5.56 Å². The molecule has 2 aromatic heterocycles. The number of anilines is 1. The molecule has 122 valence electrons. The van der Waals surface area contributed by atoms with Crippen molar-refractivity contribution < 1.29 is 0 Å². The lowest BCUT2D eigenvalue weighted by Crippen LogP contribution is -2.43. The van der Waals surface area contributed by atoms with E-state index >= 15 is 0 Å². The van der Waals surface area contributed by atoms with Crippen molar-refractivity contribution in [2.75, 3.05) is 25.0 Å². The van der Waals surface area contributed by atoms with Crippen LogP contribution in [0.4, 0.5) is 5.82 Å². The van der Waals surface area contributed by atoms with E-state index in [2.05, 4.69) is 31.9 Å². The highest BCUT2D eigenvalue weighted by Gasteiger charge is 2.23. The Morgan fingerprint density at radius 2 is 2.13 bits per heavy atom. The van der Waals surface area contributed by atoms with Crippen LogP contribution in [0, 0.1) is 0 Å². The number of piperidine rings is 1. The highest BCUT2D eigenvalue weighted by molar-refractivity contribution is 5.36. The molecular formula is C16H22N6O. The highest BCUT2D eigenvalue weighted by atomic mass is 16.1. The van der Waals surface area contributed by atoms with Gasteiger partial charge >= 0.3 is 0 Å². The van der Waals surface area contributed by atoms with Gasteiger partial charge in [-0.1, -0.05) is 0 Å². The van der Waals surface area contributed by atoms with Gasteiger partial charge in [0.25, 0.3) is 5.56 Å². The van der Waals surface area contributed by atoms with Gasteiger partial charge in [-0.05, 0) is 24.5 Å². The molecule has 0 amide bonds. The van der Waals surface area contributed by atoms with Gasteiger partial charge in [-0.3, -0.25) is 9.69 Å². The van der Waals surface area contributed by atoms with Crippen molar-refractivity contribution in [3.8, 4) is 0 Å². The summed E-state index contributed by atoms with van der Waals surface area (Å²) in [5, 5.41) is 4.08. The molecule has 7 nitrogen and oxygen atoms in total. The Labute approximate surface area is 135 Å². The molecule has 0 spiro atoms. The van der Waals surface area contributed by atoms with Gasteiger partial charge in [0.1, 0.15) is 12.1 Å². The summed E-state index contributed by atoms with van der Waals surface area (Å²) in [6.07, 6.45) is 7.30. The second kappa shape index (κ2) is 6.87.